The Morgan fingerprint density at radius 3 is 2.58 bits per heavy atom. The van der Waals surface area contributed by atoms with Crippen LogP contribution in [0.3, 0.4) is 0 Å². The number of nitrogens with one attached hydrogen (secondary N) is 3. The molecule has 0 aliphatic heterocycles. The third-order valence-electron chi connectivity index (χ3n) is 3.64. The number of nitrogens with zero attached hydrogens (tertiary/aromatic N) is 1. The van der Waals surface area contributed by atoms with Gasteiger partial charge in [-0.05, 0) is 24.1 Å². The van der Waals surface area contributed by atoms with E-state index in [9.17, 15) is 9.59 Å². The van der Waals surface area contributed by atoms with E-state index < -0.39 is 0 Å². The molecule has 0 unspecified atom stereocenters. The largest absolute Gasteiger partial charge is 0.356 e. The van der Waals surface area contributed by atoms with Crippen LogP contribution in [0.2, 0.25) is 0 Å². The van der Waals surface area contributed by atoms with Gasteiger partial charge in [-0.1, -0.05) is 32.0 Å². The van der Waals surface area contributed by atoms with Crippen LogP contribution in [0.1, 0.15) is 25.8 Å². The van der Waals surface area contributed by atoms with Crippen LogP contribution in [-0.4, -0.2) is 30.0 Å². The molecule has 0 fully saturated rings. The lowest BCUT2D eigenvalue weighted by Gasteiger charge is -2.10. The van der Waals surface area contributed by atoms with Crippen molar-refractivity contribution in [2.24, 2.45) is 5.92 Å². The Bertz CT molecular complexity index is 695. The number of amides is 3. The molecule has 6 nitrogen and oxygen atoms in total. The second-order valence-corrected chi connectivity index (χ2v) is 5.90. The highest BCUT2D eigenvalue weighted by Crippen LogP contribution is 2.15. The van der Waals surface area contributed by atoms with Gasteiger partial charge in [-0.25, -0.2) is 4.79 Å². The normalized spacial score (nSPS) is 10.6. The van der Waals surface area contributed by atoms with Crippen molar-refractivity contribution in [3.63, 3.8) is 0 Å². The Morgan fingerprint density at radius 1 is 1.04 bits per heavy atom. The van der Waals surface area contributed by atoms with Crippen LogP contribution in [0.15, 0.2) is 36.5 Å². The second kappa shape index (κ2) is 8.86. The maximum Gasteiger partial charge on any atom is 0.315 e. The van der Waals surface area contributed by atoms with Gasteiger partial charge in [-0.15, -0.1) is 0 Å². The Labute approximate surface area is 142 Å². The number of hydrogen-bond acceptors (Lipinski definition) is 3. The molecule has 128 valence electrons. The van der Waals surface area contributed by atoms with Crippen LogP contribution in [0.25, 0.3) is 10.9 Å². The van der Waals surface area contributed by atoms with Gasteiger partial charge in [0.05, 0.1) is 5.52 Å². The van der Waals surface area contributed by atoms with Crippen molar-refractivity contribution in [1.29, 1.82) is 0 Å². The van der Waals surface area contributed by atoms with Gasteiger partial charge in [0.2, 0.25) is 5.91 Å². The third kappa shape index (κ3) is 5.22. The summed E-state index contributed by atoms with van der Waals surface area (Å²) in [5.74, 6) is 0.0143. The molecular weight excluding hydrogens is 304 g/mol. The van der Waals surface area contributed by atoms with E-state index in [1.807, 2.05) is 44.2 Å². The maximum atomic E-state index is 11.8. The van der Waals surface area contributed by atoms with E-state index >= 15 is 0 Å². The van der Waals surface area contributed by atoms with E-state index in [4.69, 9.17) is 0 Å². The molecule has 0 aliphatic carbocycles. The van der Waals surface area contributed by atoms with Crippen molar-refractivity contribution in [2.45, 2.75) is 26.8 Å². The lowest BCUT2D eigenvalue weighted by Crippen LogP contribution is -2.37. The van der Waals surface area contributed by atoms with Gasteiger partial charge in [0.25, 0.3) is 0 Å². The number of carbonyl (C=O) groups is 2. The molecule has 6 heteroatoms. The highest BCUT2D eigenvalue weighted by atomic mass is 16.2. The molecule has 0 bridgehead atoms. The Morgan fingerprint density at radius 2 is 1.79 bits per heavy atom. The predicted octanol–water partition coefficient (Wildman–Crippen LogP) is 2.20. The average Bonchev–Trinajstić information content (AvgIpc) is 2.59. The zero-order valence-corrected chi connectivity index (χ0v) is 14.1. The summed E-state index contributed by atoms with van der Waals surface area (Å²) in [6.07, 6.45) is 2.44. The van der Waals surface area contributed by atoms with Crippen LogP contribution < -0.4 is 16.0 Å². The molecule has 3 N–H and O–H groups in total. The lowest BCUT2D eigenvalue weighted by atomic mass is 10.1. The van der Waals surface area contributed by atoms with E-state index in [2.05, 4.69) is 20.9 Å². The summed E-state index contributed by atoms with van der Waals surface area (Å²) in [4.78, 5) is 27.5. The number of fused-ring (bicyclic) bond motifs is 1. The number of benzene rings is 1. The zero-order valence-electron chi connectivity index (χ0n) is 14.1. The summed E-state index contributed by atoms with van der Waals surface area (Å²) in [6.45, 7) is 5.22. The molecule has 0 atom stereocenters. The molecule has 0 spiro atoms. The molecule has 1 heterocycles. The van der Waals surface area contributed by atoms with Crippen LogP contribution in [-0.2, 0) is 11.3 Å². The average molecular weight is 328 g/mol. The van der Waals surface area contributed by atoms with E-state index in [-0.39, 0.29) is 17.9 Å². The number of urea groups is 1. The summed E-state index contributed by atoms with van der Waals surface area (Å²) in [5.41, 5.74) is 1.94. The molecule has 24 heavy (non-hydrogen) atoms. The van der Waals surface area contributed by atoms with Crippen molar-refractivity contribution in [1.82, 2.24) is 20.9 Å². The first-order valence-electron chi connectivity index (χ1n) is 8.20. The van der Waals surface area contributed by atoms with Gasteiger partial charge < -0.3 is 16.0 Å². The third-order valence-corrected chi connectivity index (χ3v) is 3.64. The van der Waals surface area contributed by atoms with Crippen molar-refractivity contribution in [3.05, 3.63) is 42.1 Å². The smallest absolute Gasteiger partial charge is 0.315 e. The Balaban J connectivity index is 1.70. The van der Waals surface area contributed by atoms with E-state index in [1.54, 1.807) is 6.20 Å². The summed E-state index contributed by atoms with van der Waals surface area (Å²) in [6, 6.07) is 9.53. The first-order chi connectivity index (χ1) is 11.6. The van der Waals surface area contributed by atoms with E-state index in [1.165, 1.54) is 0 Å². The molecule has 0 saturated carbocycles. The van der Waals surface area contributed by atoms with Gasteiger partial charge in [-0.2, -0.15) is 0 Å². The SMILES string of the molecule is CC(C)C(=O)NCCCNC(=O)NCc1ccnc2ccccc12. The molecular formula is C18H24N4O2. The first kappa shape index (κ1) is 17.7. The number of aromatic nitrogens is 1. The summed E-state index contributed by atoms with van der Waals surface area (Å²) in [5, 5.41) is 9.49. The summed E-state index contributed by atoms with van der Waals surface area (Å²) in [7, 11) is 0. The molecule has 1 aromatic carbocycles. The zero-order chi connectivity index (χ0) is 17.4. The van der Waals surface area contributed by atoms with Gasteiger partial charge >= 0.3 is 6.03 Å². The minimum absolute atomic E-state index is 0.0172. The fraction of sp³-hybridized carbons (Fsp3) is 0.389. The molecule has 0 aliphatic rings. The van der Waals surface area contributed by atoms with E-state index in [0.717, 1.165) is 16.5 Å². The monoisotopic (exact) mass is 328 g/mol. The minimum atomic E-state index is -0.217. The number of pyridine rings is 1. The maximum absolute atomic E-state index is 11.8. The van der Waals surface area contributed by atoms with Gasteiger partial charge in [0.15, 0.2) is 0 Å². The van der Waals surface area contributed by atoms with Gasteiger partial charge in [0, 0.05) is 37.1 Å². The standard InChI is InChI=1S/C18H24N4O2/c1-13(2)17(23)20-9-5-10-21-18(24)22-12-14-8-11-19-16-7-4-3-6-15(14)16/h3-4,6-8,11,13H,5,9-10,12H2,1-2H3,(H,20,23)(H2,21,22,24). The van der Waals surface area contributed by atoms with Crippen LogP contribution in [0.4, 0.5) is 4.79 Å². The van der Waals surface area contributed by atoms with Gasteiger partial charge in [0.1, 0.15) is 0 Å². The molecule has 2 aromatic rings. The molecule has 0 saturated heterocycles. The van der Waals surface area contributed by atoms with Crippen LogP contribution in [0.5, 0.6) is 0 Å². The van der Waals surface area contributed by atoms with Crippen molar-refractivity contribution in [2.75, 3.05) is 13.1 Å². The predicted molar refractivity (Wildman–Crippen MR) is 94.4 cm³/mol. The lowest BCUT2D eigenvalue weighted by molar-refractivity contribution is -0.123. The Kier molecular flexibility index (Phi) is 6.54. The van der Waals surface area contributed by atoms with Crippen molar-refractivity contribution >= 4 is 22.8 Å². The Hall–Kier alpha value is -2.63. The highest BCUT2D eigenvalue weighted by molar-refractivity contribution is 5.82. The topological polar surface area (TPSA) is 83.1 Å². The van der Waals surface area contributed by atoms with Gasteiger partial charge in [-0.3, -0.25) is 9.78 Å². The number of hydrogen-bond donors (Lipinski definition) is 3. The molecule has 3 amide bonds. The molecule has 1 aromatic heterocycles. The second-order valence-electron chi connectivity index (χ2n) is 5.90. The quantitative estimate of drug-likeness (QED) is 0.681. The van der Waals surface area contributed by atoms with Crippen LogP contribution in [0, 0.1) is 5.92 Å². The summed E-state index contributed by atoms with van der Waals surface area (Å²) < 4.78 is 0. The fourth-order valence-corrected chi connectivity index (χ4v) is 2.25. The van der Waals surface area contributed by atoms with Crippen LogP contribution >= 0.6 is 0 Å². The fourth-order valence-electron chi connectivity index (χ4n) is 2.25. The minimum Gasteiger partial charge on any atom is -0.356 e. The van der Waals surface area contributed by atoms with E-state index in [0.29, 0.717) is 26.1 Å². The molecule has 0 radical (unpaired) electrons. The number of rotatable bonds is 7. The number of carbonyl (C=O) groups excluding carboxylic acids is 2. The van der Waals surface area contributed by atoms with Crippen molar-refractivity contribution in [3.8, 4) is 0 Å². The highest BCUT2D eigenvalue weighted by Gasteiger charge is 2.06. The summed E-state index contributed by atoms with van der Waals surface area (Å²) >= 11 is 0. The molecule has 2 rings (SSSR count). The number of para-hydroxylation sites is 1. The van der Waals surface area contributed by atoms with Crippen molar-refractivity contribution < 1.29 is 9.59 Å². The first-order valence-corrected chi connectivity index (χ1v) is 8.20.